The standard InChI is InChI=1S/C21H21ClF3N3O3/c1-14-2-5-16(6-3-14)31-13-19(29)26-17-12-15(22)4-7-18(17)27-8-10-28(11-9-27)20(30)21(23,24)25/h2-7,12H,8-11,13H2,1H3,(H,26,29). The third-order valence-electron chi connectivity index (χ3n) is 4.77. The van der Waals surface area contributed by atoms with Gasteiger partial charge in [0.1, 0.15) is 5.75 Å². The van der Waals surface area contributed by atoms with Crippen LogP contribution >= 0.6 is 11.6 Å². The number of aryl methyl sites for hydroxylation is 1. The summed E-state index contributed by atoms with van der Waals surface area (Å²) in [6.07, 6.45) is -4.89. The highest BCUT2D eigenvalue weighted by atomic mass is 35.5. The molecule has 1 aliphatic rings. The zero-order valence-corrected chi connectivity index (χ0v) is 17.5. The molecule has 6 nitrogen and oxygen atoms in total. The van der Waals surface area contributed by atoms with E-state index >= 15 is 0 Å². The van der Waals surface area contributed by atoms with Gasteiger partial charge in [-0.05, 0) is 37.3 Å². The number of nitrogens with zero attached hydrogens (tertiary/aromatic N) is 2. The van der Waals surface area contributed by atoms with Gasteiger partial charge in [-0.1, -0.05) is 29.3 Å². The minimum absolute atomic E-state index is 0.0785. The molecule has 0 aromatic heterocycles. The van der Waals surface area contributed by atoms with Crippen LogP contribution in [0.15, 0.2) is 42.5 Å². The third kappa shape index (κ3) is 6.04. The van der Waals surface area contributed by atoms with Gasteiger partial charge < -0.3 is 19.9 Å². The van der Waals surface area contributed by atoms with Gasteiger partial charge in [-0.2, -0.15) is 13.2 Å². The van der Waals surface area contributed by atoms with Crippen LogP contribution < -0.4 is 15.0 Å². The molecule has 1 aliphatic heterocycles. The lowest BCUT2D eigenvalue weighted by Gasteiger charge is -2.37. The van der Waals surface area contributed by atoms with Crippen molar-refractivity contribution in [2.45, 2.75) is 13.1 Å². The predicted molar refractivity (Wildman–Crippen MR) is 112 cm³/mol. The van der Waals surface area contributed by atoms with Gasteiger partial charge >= 0.3 is 12.1 Å². The summed E-state index contributed by atoms with van der Waals surface area (Å²) in [6.45, 7) is 1.94. The first-order chi connectivity index (χ1) is 14.6. The lowest BCUT2D eigenvalue weighted by molar-refractivity contribution is -0.185. The van der Waals surface area contributed by atoms with E-state index in [0.717, 1.165) is 10.5 Å². The molecule has 0 spiro atoms. The molecule has 10 heteroatoms. The lowest BCUT2D eigenvalue weighted by atomic mass is 10.2. The SMILES string of the molecule is Cc1ccc(OCC(=O)Nc2cc(Cl)ccc2N2CCN(C(=O)C(F)(F)F)CC2)cc1. The molecular formula is C21H21ClF3N3O3. The van der Waals surface area contributed by atoms with Crippen LogP contribution in [0.4, 0.5) is 24.5 Å². The van der Waals surface area contributed by atoms with Gasteiger partial charge in [-0.3, -0.25) is 9.59 Å². The molecule has 1 saturated heterocycles. The van der Waals surface area contributed by atoms with Gasteiger partial charge in [0.15, 0.2) is 6.61 Å². The zero-order valence-electron chi connectivity index (χ0n) is 16.7. The van der Waals surface area contributed by atoms with E-state index in [1.807, 2.05) is 19.1 Å². The van der Waals surface area contributed by atoms with Crippen LogP contribution in [0.25, 0.3) is 0 Å². The summed E-state index contributed by atoms with van der Waals surface area (Å²) in [7, 11) is 0. The number of hydrogen-bond donors (Lipinski definition) is 1. The van der Waals surface area contributed by atoms with Gasteiger partial charge in [0, 0.05) is 31.2 Å². The van der Waals surface area contributed by atoms with Crippen molar-refractivity contribution in [3.05, 3.63) is 53.1 Å². The first-order valence-electron chi connectivity index (χ1n) is 9.53. The van der Waals surface area contributed by atoms with Crippen LogP contribution in [-0.2, 0) is 9.59 Å². The largest absolute Gasteiger partial charge is 0.484 e. The molecule has 2 amide bonds. The molecule has 1 N–H and O–H groups in total. The molecule has 3 rings (SSSR count). The number of ether oxygens (including phenoxy) is 1. The highest BCUT2D eigenvalue weighted by molar-refractivity contribution is 6.31. The maximum absolute atomic E-state index is 12.6. The molecule has 0 radical (unpaired) electrons. The van der Waals surface area contributed by atoms with Crippen LogP contribution in [-0.4, -0.2) is 55.7 Å². The summed E-state index contributed by atoms with van der Waals surface area (Å²) in [6, 6.07) is 12.1. The van der Waals surface area contributed by atoms with Crippen LogP contribution in [0.1, 0.15) is 5.56 Å². The topological polar surface area (TPSA) is 61.9 Å². The second kappa shape index (κ2) is 9.47. The van der Waals surface area contributed by atoms with Gasteiger partial charge in [0.2, 0.25) is 0 Å². The zero-order chi connectivity index (χ0) is 22.6. The van der Waals surface area contributed by atoms with Crippen molar-refractivity contribution in [2.24, 2.45) is 0 Å². The molecule has 2 aromatic carbocycles. The van der Waals surface area contributed by atoms with Crippen LogP contribution in [0.3, 0.4) is 0 Å². The summed E-state index contributed by atoms with van der Waals surface area (Å²) in [5.41, 5.74) is 2.09. The molecule has 0 aliphatic carbocycles. The Bertz CT molecular complexity index is 943. The molecule has 31 heavy (non-hydrogen) atoms. The molecule has 0 saturated carbocycles. The average Bonchev–Trinajstić information content (AvgIpc) is 2.72. The minimum Gasteiger partial charge on any atom is -0.484 e. The van der Waals surface area contributed by atoms with E-state index in [1.54, 1.807) is 35.2 Å². The van der Waals surface area contributed by atoms with E-state index in [9.17, 15) is 22.8 Å². The smallest absolute Gasteiger partial charge is 0.471 e. The number of piperazine rings is 1. The van der Waals surface area contributed by atoms with Gasteiger partial charge in [-0.25, -0.2) is 0 Å². The number of hydrogen-bond acceptors (Lipinski definition) is 4. The number of halogens is 4. The Morgan fingerprint density at radius 2 is 1.71 bits per heavy atom. The molecule has 1 fully saturated rings. The highest BCUT2D eigenvalue weighted by Crippen LogP contribution is 2.30. The van der Waals surface area contributed by atoms with Crippen LogP contribution in [0.5, 0.6) is 5.75 Å². The number of benzene rings is 2. The molecule has 0 bridgehead atoms. The number of alkyl halides is 3. The highest BCUT2D eigenvalue weighted by Gasteiger charge is 2.43. The van der Waals surface area contributed by atoms with E-state index in [0.29, 0.717) is 22.1 Å². The van der Waals surface area contributed by atoms with Crippen molar-refractivity contribution >= 4 is 34.8 Å². The van der Waals surface area contributed by atoms with Crippen molar-refractivity contribution in [3.63, 3.8) is 0 Å². The Morgan fingerprint density at radius 3 is 2.32 bits per heavy atom. The fraction of sp³-hybridized carbons (Fsp3) is 0.333. The maximum Gasteiger partial charge on any atom is 0.471 e. The summed E-state index contributed by atoms with van der Waals surface area (Å²) in [5.74, 6) is -1.70. The second-order valence-corrected chi connectivity index (χ2v) is 7.52. The Kier molecular flexibility index (Phi) is 6.94. The Labute approximate surface area is 182 Å². The van der Waals surface area contributed by atoms with Crippen molar-refractivity contribution in [2.75, 3.05) is 43.0 Å². The summed E-state index contributed by atoms with van der Waals surface area (Å²) in [5, 5.41) is 3.13. The lowest BCUT2D eigenvalue weighted by Crippen LogP contribution is -2.52. The Hall–Kier alpha value is -2.94. The maximum atomic E-state index is 12.6. The van der Waals surface area contributed by atoms with Gasteiger partial charge in [0.05, 0.1) is 11.4 Å². The number of carbonyl (C=O) groups excluding carboxylic acids is 2. The number of amides is 2. The number of anilines is 2. The van der Waals surface area contributed by atoms with E-state index in [-0.39, 0.29) is 32.8 Å². The monoisotopic (exact) mass is 455 g/mol. The summed E-state index contributed by atoms with van der Waals surface area (Å²) >= 11 is 6.06. The first kappa shape index (κ1) is 22.7. The molecule has 166 valence electrons. The normalized spacial score (nSPS) is 14.4. The first-order valence-corrected chi connectivity index (χ1v) is 9.91. The Balaban J connectivity index is 1.63. The fourth-order valence-corrected chi connectivity index (χ4v) is 3.36. The second-order valence-electron chi connectivity index (χ2n) is 7.09. The molecule has 0 atom stereocenters. The van der Waals surface area contributed by atoms with Crippen molar-refractivity contribution in [1.29, 1.82) is 0 Å². The van der Waals surface area contributed by atoms with Gasteiger partial charge in [0.25, 0.3) is 5.91 Å². The van der Waals surface area contributed by atoms with Crippen LogP contribution in [0.2, 0.25) is 5.02 Å². The fourth-order valence-electron chi connectivity index (χ4n) is 3.18. The predicted octanol–water partition coefficient (Wildman–Crippen LogP) is 3.88. The Morgan fingerprint density at radius 1 is 1.06 bits per heavy atom. The van der Waals surface area contributed by atoms with E-state index < -0.39 is 18.0 Å². The molecule has 2 aromatic rings. The van der Waals surface area contributed by atoms with Crippen molar-refractivity contribution in [1.82, 2.24) is 4.90 Å². The quantitative estimate of drug-likeness (QED) is 0.743. The molecule has 1 heterocycles. The summed E-state index contributed by atoms with van der Waals surface area (Å²) in [4.78, 5) is 26.4. The van der Waals surface area contributed by atoms with E-state index in [1.165, 1.54) is 0 Å². The average molecular weight is 456 g/mol. The van der Waals surface area contributed by atoms with E-state index in [2.05, 4.69) is 5.32 Å². The van der Waals surface area contributed by atoms with Gasteiger partial charge in [-0.15, -0.1) is 0 Å². The molecule has 0 unspecified atom stereocenters. The number of carbonyl (C=O) groups is 2. The molecular weight excluding hydrogens is 435 g/mol. The number of rotatable bonds is 5. The minimum atomic E-state index is -4.89. The van der Waals surface area contributed by atoms with Crippen molar-refractivity contribution in [3.8, 4) is 5.75 Å². The van der Waals surface area contributed by atoms with Crippen LogP contribution in [0, 0.1) is 6.92 Å². The summed E-state index contributed by atoms with van der Waals surface area (Å²) < 4.78 is 43.4. The van der Waals surface area contributed by atoms with Crippen molar-refractivity contribution < 1.29 is 27.5 Å². The third-order valence-corrected chi connectivity index (χ3v) is 5.01. The van der Waals surface area contributed by atoms with E-state index in [4.69, 9.17) is 16.3 Å². The number of nitrogens with one attached hydrogen (secondary N) is 1.